The molecule has 5 heterocycles. The molecule has 32 heavy (non-hydrogen) atoms. The van der Waals surface area contributed by atoms with Gasteiger partial charge in [0, 0.05) is 82.2 Å². The predicted molar refractivity (Wildman–Crippen MR) is 117 cm³/mol. The van der Waals surface area contributed by atoms with Gasteiger partial charge in [0.15, 0.2) is 0 Å². The molecule has 3 atom stereocenters. The van der Waals surface area contributed by atoms with Crippen LogP contribution in [0.1, 0.15) is 36.3 Å². The Labute approximate surface area is 186 Å². The minimum absolute atomic E-state index is 0.0225. The SMILES string of the molecule is CN1CCN(C(=O)[C@H]2[C@H]3C[C@H](CN(Cc4ncccn4)C3)c3cccc(=O)n32)CCC1=O. The number of pyridine rings is 1. The Morgan fingerprint density at radius 3 is 2.69 bits per heavy atom. The molecule has 0 unspecified atom stereocenters. The fraction of sp³-hybridized carbons (Fsp3) is 0.522. The molecule has 2 bridgehead atoms. The summed E-state index contributed by atoms with van der Waals surface area (Å²) in [4.78, 5) is 53.3. The van der Waals surface area contributed by atoms with E-state index in [1.807, 2.05) is 6.07 Å². The Kier molecular flexibility index (Phi) is 5.50. The molecule has 2 aromatic heterocycles. The summed E-state index contributed by atoms with van der Waals surface area (Å²) in [6.45, 7) is 3.54. The van der Waals surface area contributed by atoms with E-state index in [4.69, 9.17) is 0 Å². The number of carbonyl (C=O) groups is 2. The normalized spacial score (nSPS) is 25.9. The molecule has 2 aromatic rings. The number of amides is 2. The van der Waals surface area contributed by atoms with Crippen LogP contribution in [0.4, 0.5) is 0 Å². The number of hydrogen-bond acceptors (Lipinski definition) is 6. The first-order chi connectivity index (χ1) is 15.5. The van der Waals surface area contributed by atoms with Gasteiger partial charge in [-0.2, -0.15) is 0 Å². The third-order valence-electron chi connectivity index (χ3n) is 7.00. The molecular weight excluding hydrogens is 408 g/mol. The summed E-state index contributed by atoms with van der Waals surface area (Å²) in [6.07, 6.45) is 4.67. The monoisotopic (exact) mass is 436 g/mol. The molecule has 3 aliphatic rings. The van der Waals surface area contributed by atoms with Crippen LogP contribution in [0.2, 0.25) is 0 Å². The largest absolute Gasteiger partial charge is 0.344 e. The van der Waals surface area contributed by atoms with Crippen molar-refractivity contribution in [3.8, 4) is 0 Å². The van der Waals surface area contributed by atoms with Gasteiger partial charge in [0.25, 0.3) is 5.56 Å². The molecule has 0 saturated carbocycles. The highest BCUT2D eigenvalue weighted by Gasteiger charge is 2.45. The van der Waals surface area contributed by atoms with E-state index in [9.17, 15) is 14.4 Å². The van der Waals surface area contributed by atoms with E-state index in [2.05, 4.69) is 14.9 Å². The Hall–Kier alpha value is -3.07. The number of piperidine rings is 1. The van der Waals surface area contributed by atoms with Crippen LogP contribution in [0.15, 0.2) is 41.5 Å². The zero-order valence-electron chi connectivity index (χ0n) is 18.3. The van der Waals surface area contributed by atoms with E-state index in [1.54, 1.807) is 52.0 Å². The van der Waals surface area contributed by atoms with E-state index in [0.717, 1.165) is 24.5 Å². The zero-order valence-corrected chi connectivity index (χ0v) is 18.3. The van der Waals surface area contributed by atoms with Gasteiger partial charge < -0.3 is 9.80 Å². The van der Waals surface area contributed by atoms with E-state index < -0.39 is 6.04 Å². The number of nitrogens with zero attached hydrogens (tertiary/aromatic N) is 6. The highest BCUT2D eigenvalue weighted by Crippen LogP contribution is 2.42. The van der Waals surface area contributed by atoms with Gasteiger partial charge in [0.2, 0.25) is 11.8 Å². The first kappa shape index (κ1) is 20.8. The van der Waals surface area contributed by atoms with Gasteiger partial charge in [-0.3, -0.25) is 23.9 Å². The van der Waals surface area contributed by atoms with Gasteiger partial charge in [-0.1, -0.05) is 6.07 Å². The standard InChI is InChI=1S/C23H28N6O3/c1-26-10-11-28(9-6-20(26)30)23(32)22-17-12-16(18-4-2-5-21(31)29(18)22)13-27(14-17)15-19-24-7-3-8-25-19/h2-5,7-8,16-17,22H,6,9-15H2,1H3/t16-,17+,22-/m1/s1. The van der Waals surface area contributed by atoms with Gasteiger partial charge >= 0.3 is 0 Å². The van der Waals surface area contributed by atoms with Crippen LogP contribution in [0, 0.1) is 5.92 Å². The fourth-order valence-electron chi connectivity index (χ4n) is 5.42. The Balaban J connectivity index is 1.46. The van der Waals surface area contributed by atoms with Crippen LogP contribution >= 0.6 is 0 Å². The van der Waals surface area contributed by atoms with E-state index in [1.165, 1.54) is 0 Å². The molecular formula is C23H28N6O3. The van der Waals surface area contributed by atoms with Crippen molar-refractivity contribution < 1.29 is 9.59 Å². The van der Waals surface area contributed by atoms with Gasteiger partial charge in [0.05, 0.1) is 6.54 Å². The number of rotatable bonds is 3. The molecule has 2 amide bonds. The molecule has 2 fully saturated rings. The summed E-state index contributed by atoms with van der Waals surface area (Å²) in [7, 11) is 1.77. The number of carbonyl (C=O) groups excluding carboxylic acids is 2. The summed E-state index contributed by atoms with van der Waals surface area (Å²) in [5.41, 5.74) is 0.798. The maximum atomic E-state index is 13.8. The van der Waals surface area contributed by atoms with Crippen molar-refractivity contribution in [3.63, 3.8) is 0 Å². The molecule has 9 nitrogen and oxygen atoms in total. The minimum atomic E-state index is -0.548. The van der Waals surface area contributed by atoms with Crippen molar-refractivity contribution >= 4 is 11.8 Å². The lowest BCUT2D eigenvalue weighted by atomic mass is 9.78. The number of likely N-dealkylation sites (N-methyl/N-ethyl adjacent to an activating group) is 1. The minimum Gasteiger partial charge on any atom is -0.344 e. The molecule has 168 valence electrons. The average molecular weight is 437 g/mol. The van der Waals surface area contributed by atoms with Crippen LogP contribution in [0.5, 0.6) is 0 Å². The van der Waals surface area contributed by atoms with E-state index in [-0.39, 0.29) is 29.2 Å². The highest BCUT2D eigenvalue weighted by molar-refractivity contribution is 5.83. The van der Waals surface area contributed by atoms with Crippen molar-refractivity contribution in [2.24, 2.45) is 5.92 Å². The van der Waals surface area contributed by atoms with Gasteiger partial charge in [-0.15, -0.1) is 0 Å². The molecule has 5 rings (SSSR count). The van der Waals surface area contributed by atoms with Crippen molar-refractivity contribution in [2.75, 3.05) is 39.8 Å². The summed E-state index contributed by atoms with van der Waals surface area (Å²) < 4.78 is 1.73. The highest BCUT2D eigenvalue weighted by atomic mass is 16.2. The van der Waals surface area contributed by atoms with Crippen LogP contribution in [0.25, 0.3) is 0 Å². The predicted octanol–water partition coefficient (Wildman–Crippen LogP) is 0.489. The van der Waals surface area contributed by atoms with Gasteiger partial charge in [-0.05, 0) is 18.6 Å². The summed E-state index contributed by atoms with van der Waals surface area (Å²) in [5.74, 6) is 0.966. The maximum Gasteiger partial charge on any atom is 0.251 e. The van der Waals surface area contributed by atoms with E-state index >= 15 is 0 Å². The number of likely N-dealkylation sites (tertiary alicyclic amines) is 1. The number of aromatic nitrogens is 3. The van der Waals surface area contributed by atoms with Crippen molar-refractivity contribution in [1.82, 2.24) is 29.2 Å². The molecule has 3 aliphatic heterocycles. The van der Waals surface area contributed by atoms with Crippen LogP contribution in [-0.4, -0.2) is 80.8 Å². The smallest absolute Gasteiger partial charge is 0.251 e. The second-order valence-electron chi connectivity index (χ2n) is 9.05. The third kappa shape index (κ3) is 3.81. The lowest BCUT2D eigenvalue weighted by Gasteiger charge is -2.47. The first-order valence-electron chi connectivity index (χ1n) is 11.2. The topological polar surface area (TPSA) is 91.6 Å². The first-order valence-corrected chi connectivity index (χ1v) is 11.2. The molecule has 9 heteroatoms. The zero-order chi connectivity index (χ0) is 22.2. The summed E-state index contributed by atoms with van der Waals surface area (Å²) in [6, 6.07) is 6.56. The van der Waals surface area contributed by atoms with Gasteiger partial charge in [0.1, 0.15) is 11.9 Å². The molecule has 0 aliphatic carbocycles. The maximum absolute atomic E-state index is 13.8. The lowest BCUT2D eigenvalue weighted by Crippen LogP contribution is -2.54. The Morgan fingerprint density at radius 1 is 1.06 bits per heavy atom. The molecule has 0 aromatic carbocycles. The Morgan fingerprint density at radius 2 is 1.88 bits per heavy atom. The van der Waals surface area contributed by atoms with E-state index in [0.29, 0.717) is 39.1 Å². The van der Waals surface area contributed by atoms with Crippen molar-refractivity contribution in [3.05, 3.63) is 58.5 Å². The number of hydrogen-bond donors (Lipinski definition) is 0. The second kappa shape index (κ2) is 8.46. The quantitative estimate of drug-likeness (QED) is 0.696. The molecule has 0 radical (unpaired) electrons. The number of fused-ring (bicyclic) bond motifs is 4. The molecule has 0 spiro atoms. The second-order valence-corrected chi connectivity index (χ2v) is 9.05. The van der Waals surface area contributed by atoms with Crippen LogP contribution in [0.3, 0.4) is 0 Å². The van der Waals surface area contributed by atoms with Crippen LogP contribution < -0.4 is 5.56 Å². The third-order valence-corrected chi connectivity index (χ3v) is 7.00. The fourth-order valence-corrected chi connectivity index (χ4v) is 5.42. The van der Waals surface area contributed by atoms with Crippen molar-refractivity contribution in [2.45, 2.75) is 31.3 Å². The average Bonchev–Trinajstić information content (AvgIpc) is 2.96. The summed E-state index contributed by atoms with van der Waals surface area (Å²) in [5, 5.41) is 0. The molecule has 2 saturated heterocycles. The lowest BCUT2D eigenvalue weighted by molar-refractivity contribution is -0.138. The van der Waals surface area contributed by atoms with Gasteiger partial charge in [-0.25, -0.2) is 9.97 Å². The molecule has 0 N–H and O–H groups in total. The van der Waals surface area contributed by atoms with Crippen LogP contribution in [-0.2, 0) is 16.1 Å². The Bertz CT molecular complexity index is 1070. The summed E-state index contributed by atoms with van der Waals surface area (Å²) >= 11 is 0. The van der Waals surface area contributed by atoms with Crippen molar-refractivity contribution in [1.29, 1.82) is 0 Å².